The highest BCUT2D eigenvalue weighted by atomic mass is 35.5. The molecule has 5 heteroatoms. The van der Waals surface area contributed by atoms with Gasteiger partial charge in [-0.3, -0.25) is 0 Å². The topological polar surface area (TPSA) is 43.1 Å². The van der Waals surface area contributed by atoms with Crippen LogP contribution in [0.15, 0.2) is 0 Å². The van der Waals surface area contributed by atoms with Gasteiger partial charge in [0.2, 0.25) is 0 Å². The molecule has 0 aromatic carbocycles. The second-order valence-electron chi connectivity index (χ2n) is 3.64. The van der Waals surface area contributed by atoms with Crippen LogP contribution in [0.5, 0.6) is 0 Å². The first-order chi connectivity index (χ1) is 7.15. The van der Waals surface area contributed by atoms with Crippen LogP contribution >= 0.6 is 11.6 Å². The molecule has 2 aromatic rings. The molecule has 2 heterocycles. The van der Waals surface area contributed by atoms with Crippen LogP contribution in [-0.2, 0) is 6.42 Å². The first-order valence-electron chi connectivity index (χ1n) is 5.02. The molecule has 0 saturated carbocycles. The highest BCUT2D eigenvalue weighted by Crippen LogP contribution is 2.19. The van der Waals surface area contributed by atoms with E-state index in [0.717, 1.165) is 35.4 Å². The largest absolute Gasteiger partial charge is 0.196 e. The number of rotatable bonds is 2. The second-order valence-corrected chi connectivity index (χ2v) is 4.00. The molecule has 0 aliphatic heterocycles. The van der Waals surface area contributed by atoms with Crippen molar-refractivity contribution in [1.29, 1.82) is 0 Å². The third-order valence-corrected chi connectivity index (χ3v) is 2.93. The molecule has 0 radical (unpaired) electrons. The van der Waals surface area contributed by atoms with E-state index in [-0.39, 0.29) is 0 Å². The van der Waals surface area contributed by atoms with E-state index < -0.39 is 0 Å². The molecule has 0 saturated heterocycles. The maximum Gasteiger partial charge on any atom is 0.181 e. The number of halogens is 1. The molecule has 0 N–H and O–H groups in total. The molecule has 0 aliphatic carbocycles. The average Bonchev–Trinajstić information content (AvgIpc) is 2.59. The quantitative estimate of drug-likeness (QED) is 0.787. The van der Waals surface area contributed by atoms with Gasteiger partial charge in [0.1, 0.15) is 0 Å². The van der Waals surface area contributed by atoms with Crippen molar-refractivity contribution in [3.63, 3.8) is 0 Å². The first kappa shape index (κ1) is 10.4. The molecule has 0 aliphatic rings. The predicted molar refractivity (Wildman–Crippen MR) is 59.3 cm³/mol. The highest BCUT2D eigenvalue weighted by molar-refractivity contribution is 6.30. The van der Waals surface area contributed by atoms with Crippen LogP contribution in [0.1, 0.15) is 30.3 Å². The van der Waals surface area contributed by atoms with Crippen LogP contribution in [-0.4, -0.2) is 19.8 Å². The van der Waals surface area contributed by atoms with Gasteiger partial charge in [0.05, 0.1) is 0 Å². The molecule has 0 amide bonds. The van der Waals surface area contributed by atoms with Gasteiger partial charge in [-0.1, -0.05) is 18.5 Å². The van der Waals surface area contributed by atoms with Gasteiger partial charge in [-0.15, -0.1) is 10.2 Å². The Morgan fingerprint density at radius 2 is 1.93 bits per heavy atom. The molecular weight excluding hydrogens is 212 g/mol. The summed E-state index contributed by atoms with van der Waals surface area (Å²) in [5.74, 6) is 0.873. The van der Waals surface area contributed by atoms with Crippen molar-refractivity contribution in [3.8, 4) is 0 Å². The van der Waals surface area contributed by atoms with E-state index in [1.54, 1.807) is 4.52 Å². The Kier molecular flexibility index (Phi) is 2.61. The summed E-state index contributed by atoms with van der Waals surface area (Å²) in [6.07, 6.45) is 1.89. The Labute approximate surface area is 93.3 Å². The third kappa shape index (κ3) is 1.59. The Hall–Kier alpha value is -1.16. The minimum Gasteiger partial charge on any atom is -0.196 e. The standard InChI is InChI=1S/C10H13ClN4/c1-4-5-8-12-13-10-7(3)6(2)9(11)14-15(8)10/h4-5H2,1-3H3. The smallest absolute Gasteiger partial charge is 0.181 e. The van der Waals surface area contributed by atoms with Crippen molar-refractivity contribution in [2.45, 2.75) is 33.6 Å². The van der Waals surface area contributed by atoms with Gasteiger partial charge in [0.25, 0.3) is 0 Å². The summed E-state index contributed by atoms with van der Waals surface area (Å²) < 4.78 is 1.74. The number of hydrogen-bond donors (Lipinski definition) is 0. The zero-order valence-corrected chi connectivity index (χ0v) is 9.84. The molecule has 2 aromatic heterocycles. The van der Waals surface area contributed by atoms with E-state index >= 15 is 0 Å². The maximum absolute atomic E-state index is 6.03. The summed E-state index contributed by atoms with van der Waals surface area (Å²) in [6.45, 7) is 6.03. The lowest BCUT2D eigenvalue weighted by Gasteiger charge is -2.04. The van der Waals surface area contributed by atoms with Crippen molar-refractivity contribution in [2.75, 3.05) is 0 Å². The summed E-state index contributed by atoms with van der Waals surface area (Å²) in [7, 11) is 0. The maximum atomic E-state index is 6.03. The van der Waals surface area contributed by atoms with Gasteiger partial charge in [-0.05, 0) is 25.8 Å². The van der Waals surface area contributed by atoms with E-state index in [4.69, 9.17) is 11.6 Å². The van der Waals surface area contributed by atoms with Crippen molar-refractivity contribution in [3.05, 3.63) is 22.1 Å². The average molecular weight is 225 g/mol. The summed E-state index contributed by atoms with van der Waals surface area (Å²) in [5.41, 5.74) is 2.82. The van der Waals surface area contributed by atoms with Gasteiger partial charge >= 0.3 is 0 Å². The van der Waals surface area contributed by atoms with Crippen LogP contribution < -0.4 is 0 Å². The third-order valence-electron chi connectivity index (χ3n) is 2.57. The van der Waals surface area contributed by atoms with Crippen LogP contribution in [0.4, 0.5) is 0 Å². The van der Waals surface area contributed by atoms with E-state index in [2.05, 4.69) is 22.2 Å². The lowest BCUT2D eigenvalue weighted by molar-refractivity contribution is 0.767. The lowest BCUT2D eigenvalue weighted by Crippen LogP contribution is -2.02. The van der Waals surface area contributed by atoms with Crippen LogP contribution in [0.3, 0.4) is 0 Å². The summed E-state index contributed by atoms with van der Waals surface area (Å²) >= 11 is 6.03. The summed E-state index contributed by atoms with van der Waals surface area (Å²) in [6, 6.07) is 0. The van der Waals surface area contributed by atoms with Crippen molar-refractivity contribution >= 4 is 17.2 Å². The zero-order chi connectivity index (χ0) is 11.0. The van der Waals surface area contributed by atoms with E-state index in [1.165, 1.54) is 0 Å². The number of nitrogens with zero attached hydrogens (tertiary/aromatic N) is 4. The summed E-state index contributed by atoms with van der Waals surface area (Å²) in [4.78, 5) is 0. The number of fused-ring (bicyclic) bond motifs is 1. The van der Waals surface area contributed by atoms with Crippen LogP contribution in [0.2, 0.25) is 5.15 Å². The van der Waals surface area contributed by atoms with Crippen LogP contribution in [0.25, 0.3) is 5.65 Å². The molecule has 0 bridgehead atoms. The van der Waals surface area contributed by atoms with Crippen molar-refractivity contribution in [1.82, 2.24) is 19.8 Å². The van der Waals surface area contributed by atoms with Crippen molar-refractivity contribution in [2.24, 2.45) is 0 Å². The van der Waals surface area contributed by atoms with Gasteiger partial charge in [0.15, 0.2) is 16.6 Å². The Morgan fingerprint density at radius 1 is 1.20 bits per heavy atom. The lowest BCUT2D eigenvalue weighted by atomic mass is 10.2. The molecular formula is C10H13ClN4. The van der Waals surface area contributed by atoms with Gasteiger partial charge in [0, 0.05) is 12.0 Å². The molecule has 4 nitrogen and oxygen atoms in total. The fourth-order valence-electron chi connectivity index (χ4n) is 1.52. The molecule has 0 unspecified atom stereocenters. The fraction of sp³-hybridized carbons (Fsp3) is 0.500. The second kappa shape index (κ2) is 3.77. The zero-order valence-electron chi connectivity index (χ0n) is 9.08. The molecule has 2 rings (SSSR count). The first-order valence-corrected chi connectivity index (χ1v) is 5.40. The summed E-state index contributed by atoms with van der Waals surface area (Å²) in [5, 5.41) is 13.0. The van der Waals surface area contributed by atoms with Gasteiger partial charge in [-0.25, -0.2) is 0 Å². The normalized spacial score (nSPS) is 11.2. The minimum absolute atomic E-state index is 0.525. The van der Waals surface area contributed by atoms with E-state index in [1.807, 2.05) is 13.8 Å². The number of aryl methyl sites for hydroxylation is 2. The molecule has 0 spiro atoms. The van der Waals surface area contributed by atoms with E-state index in [9.17, 15) is 0 Å². The predicted octanol–water partition coefficient (Wildman–Crippen LogP) is 2.35. The van der Waals surface area contributed by atoms with E-state index in [0.29, 0.717) is 5.15 Å². The SMILES string of the molecule is CCCc1nnc2c(C)c(C)c(Cl)nn12. The monoisotopic (exact) mass is 224 g/mol. The molecule has 0 atom stereocenters. The van der Waals surface area contributed by atoms with Crippen LogP contribution in [0, 0.1) is 13.8 Å². The van der Waals surface area contributed by atoms with Gasteiger partial charge < -0.3 is 0 Å². The number of aromatic nitrogens is 4. The highest BCUT2D eigenvalue weighted by Gasteiger charge is 2.12. The molecule has 80 valence electrons. The minimum atomic E-state index is 0.525. The molecule has 0 fully saturated rings. The Morgan fingerprint density at radius 3 is 2.60 bits per heavy atom. The fourth-order valence-corrected chi connectivity index (χ4v) is 1.73. The van der Waals surface area contributed by atoms with Crippen molar-refractivity contribution < 1.29 is 0 Å². The Balaban J connectivity index is 2.71. The molecule has 15 heavy (non-hydrogen) atoms. The van der Waals surface area contributed by atoms with Gasteiger partial charge in [-0.2, -0.15) is 9.61 Å². The Bertz CT molecular complexity index is 504. The number of hydrogen-bond acceptors (Lipinski definition) is 3.